The number of carbonyl (C=O) groups excluding carboxylic acids is 4. The van der Waals surface area contributed by atoms with Crippen molar-refractivity contribution in [1.82, 2.24) is 19.0 Å². The quantitative estimate of drug-likeness (QED) is 0.0498. The molecule has 16 heteroatoms. The summed E-state index contributed by atoms with van der Waals surface area (Å²) in [6.45, 7) is 1.68. The molecule has 0 spiro atoms. The maximum absolute atomic E-state index is 13.2. The fourth-order valence-corrected chi connectivity index (χ4v) is 5.61. The molecule has 0 aliphatic heterocycles. The van der Waals surface area contributed by atoms with Gasteiger partial charge in [0.1, 0.15) is 17.1 Å². The zero-order valence-corrected chi connectivity index (χ0v) is 30.4. The number of amidine groups is 1. The Balaban J connectivity index is 1.33. The number of aliphatic imine (C=N–C) groups is 1. The zero-order chi connectivity index (χ0) is 37.1. The Labute approximate surface area is 306 Å². The topological polar surface area (TPSA) is 173 Å². The fraction of sp³-hybridized carbons (Fsp3) is 0.286. The summed E-state index contributed by atoms with van der Waals surface area (Å²) in [6.07, 6.45) is 8.40. The number of carbonyl (C=O) groups is 4. The van der Waals surface area contributed by atoms with Crippen molar-refractivity contribution in [2.45, 2.75) is 6.42 Å². The number of halogens is 2. The summed E-state index contributed by atoms with van der Waals surface area (Å²) in [5, 5.41) is 11.1. The molecule has 0 radical (unpaired) electrons. The van der Waals surface area contributed by atoms with Crippen LogP contribution in [-0.2, 0) is 25.9 Å². The summed E-state index contributed by atoms with van der Waals surface area (Å²) >= 11 is 11.8. The molecule has 14 nitrogen and oxygen atoms in total. The van der Waals surface area contributed by atoms with E-state index in [1.807, 2.05) is 24.3 Å². The van der Waals surface area contributed by atoms with Crippen LogP contribution in [0.5, 0.6) is 0 Å². The Kier molecular flexibility index (Phi) is 13.5. The Morgan fingerprint density at radius 1 is 0.765 bits per heavy atom. The van der Waals surface area contributed by atoms with Gasteiger partial charge in [0.15, 0.2) is 0 Å². The van der Waals surface area contributed by atoms with E-state index in [4.69, 9.17) is 28.9 Å². The first-order chi connectivity index (χ1) is 24.4. The summed E-state index contributed by atoms with van der Waals surface area (Å²) in [6, 6.07) is 12.4. The van der Waals surface area contributed by atoms with Crippen LogP contribution < -0.4 is 31.9 Å². The van der Waals surface area contributed by atoms with Crippen molar-refractivity contribution in [1.29, 1.82) is 0 Å². The van der Waals surface area contributed by atoms with Gasteiger partial charge < -0.3 is 45.6 Å². The average molecular weight is 738 g/mol. The van der Waals surface area contributed by atoms with Gasteiger partial charge in [-0.3, -0.25) is 24.2 Å². The van der Waals surface area contributed by atoms with Crippen molar-refractivity contribution in [2.24, 2.45) is 31.9 Å². The molecule has 0 aliphatic carbocycles. The molecule has 1 aromatic carbocycles. The van der Waals surface area contributed by atoms with Gasteiger partial charge in [0.05, 0.1) is 22.9 Å². The Bertz CT molecular complexity index is 1920. The second-order valence-corrected chi connectivity index (χ2v) is 12.3. The number of nitrogens with zero attached hydrogens (tertiary/aromatic N) is 5. The van der Waals surface area contributed by atoms with E-state index in [1.54, 1.807) is 84.8 Å². The number of aryl methyl sites for hydroxylation is 3. The standard InChI is InChI=1S/C35H42Cl2N10O4/c1-39-31(38)11-14-40-33(49)28-18-25(21-44(28)2)42-35(51)30-19-26(22-46(30)4)43-34(50)29-17-24(20-45(29)3)41-32(48)10-7-23-5-8-27(9-6-23)47(15-12-36)16-13-37/h5-10,17-22H,11-16H2,1-4H3,(H2,38,39)(H,40,49)(H,41,48)(H,42,51)(H,43,50)/b10-7+. The van der Waals surface area contributed by atoms with Crippen molar-refractivity contribution in [3.05, 3.63) is 89.8 Å². The van der Waals surface area contributed by atoms with E-state index in [0.717, 1.165) is 11.3 Å². The molecule has 0 aliphatic rings. The molecular weight excluding hydrogens is 695 g/mol. The van der Waals surface area contributed by atoms with Crippen LogP contribution in [-0.4, -0.2) is 81.6 Å². The van der Waals surface area contributed by atoms with Gasteiger partial charge in [0, 0.05) is 96.4 Å². The van der Waals surface area contributed by atoms with E-state index in [2.05, 4.69) is 31.2 Å². The lowest BCUT2D eigenvalue weighted by molar-refractivity contribution is -0.111. The molecule has 51 heavy (non-hydrogen) atoms. The highest BCUT2D eigenvalue weighted by atomic mass is 35.5. The van der Waals surface area contributed by atoms with Gasteiger partial charge in [-0.1, -0.05) is 12.1 Å². The minimum absolute atomic E-state index is 0.276. The molecule has 270 valence electrons. The molecule has 0 saturated heterocycles. The smallest absolute Gasteiger partial charge is 0.272 e. The molecule has 0 fully saturated rings. The number of anilines is 4. The number of hydrogen-bond donors (Lipinski definition) is 5. The largest absolute Gasteiger partial charge is 0.387 e. The van der Waals surface area contributed by atoms with Crippen LogP contribution >= 0.6 is 23.2 Å². The minimum Gasteiger partial charge on any atom is -0.387 e. The number of aromatic nitrogens is 3. The number of benzene rings is 1. The highest BCUT2D eigenvalue weighted by molar-refractivity contribution is 6.18. The van der Waals surface area contributed by atoms with Gasteiger partial charge in [-0.05, 0) is 42.0 Å². The molecule has 0 atom stereocenters. The molecule has 3 aromatic heterocycles. The van der Waals surface area contributed by atoms with E-state index < -0.39 is 11.8 Å². The van der Waals surface area contributed by atoms with E-state index in [1.165, 1.54) is 6.08 Å². The van der Waals surface area contributed by atoms with Gasteiger partial charge in [0.25, 0.3) is 17.7 Å². The normalized spacial score (nSPS) is 11.5. The molecule has 4 amide bonds. The lowest BCUT2D eigenvalue weighted by atomic mass is 10.2. The minimum atomic E-state index is -0.436. The number of nitrogens with one attached hydrogen (secondary N) is 4. The fourth-order valence-electron chi connectivity index (χ4n) is 5.20. The number of alkyl halides is 2. The predicted octanol–water partition coefficient (Wildman–Crippen LogP) is 4.25. The number of hydrogen-bond acceptors (Lipinski definition) is 6. The zero-order valence-electron chi connectivity index (χ0n) is 28.9. The van der Waals surface area contributed by atoms with Crippen molar-refractivity contribution in [3.63, 3.8) is 0 Å². The highest BCUT2D eigenvalue weighted by Crippen LogP contribution is 2.20. The second-order valence-electron chi connectivity index (χ2n) is 11.6. The summed E-state index contributed by atoms with van der Waals surface area (Å²) in [5.41, 5.74) is 9.69. The molecular formula is C35H42Cl2N10O4. The second kappa shape index (κ2) is 18.0. The maximum Gasteiger partial charge on any atom is 0.272 e. The van der Waals surface area contributed by atoms with Crippen molar-refractivity contribution < 1.29 is 19.2 Å². The average Bonchev–Trinajstić information content (AvgIpc) is 3.78. The third kappa shape index (κ3) is 10.5. The van der Waals surface area contributed by atoms with Crippen LogP contribution in [0.3, 0.4) is 0 Å². The maximum atomic E-state index is 13.2. The summed E-state index contributed by atoms with van der Waals surface area (Å²) in [7, 11) is 6.64. The van der Waals surface area contributed by atoms with Crippen LogP contribution in [0.4, 0.5) is 22.7 Å². The van der Waals surface area contributed by atoms with E-state index in [-0.39, 0.29) is 23.2 Å². The van der Waals surface area contributed by atoms with Crippen LogP contribution in [0, 0.1) is 0 Å². The Morgan fingerprint density at radius 2 is 1.24 bits per heavy atom. The number of rotatable bonds is 16. The van der Waals surface area contributed by atoms with Crippen LogP contribution in [0.15, 0.2) is 72.1 Å². The SMILES string of the molecule is CN=C(N)CCNC(=O)c1cc(NC(=O)c2cc(NC(=O)c3cc(NC(=O)/C=C/c4ccc(N(CCCl)CCCl)cc4)cn3C)cn2C)cn1C. The van der Waals surface area contributed by atoms with E-state index in [0.29, 0.717) is 66.4 Å². The van der Waals surface area contributed by atoms with Crippen LogP contribution in [0.25, 0.3) is 6.08 Å². The summed E-state index contributed by atoms with van der Waals surface area (Å²) in [5.74, 6) is -0.141. The molecule has 0 unspecified atom stereocenters. The van der Waals surface area contributed by atoms with Crippen molar-refractivity contribution in [2.75, 3.05) is 59.3 Å². The Morgan fingerprint density at radius 3 is 1.71 bits per heavy atom. The van der Waals surface area contributed by atoms with Gasteiger partial charge in [-0.15, -0.1) is 23.2 Å². The first-order valence-electron chi connectivity index (χ1n) is 16.0. The van der Waals surface area contributed by atoms with E-state index >= 15 is 0 Å². The first kappa shape index (κ1) is 38.3. The molecule has 4 aromatic rings. The van der Waals surface area contributed by atoms with E-state index in [9.17, 15) is 19.2 Å². The summed E-state index contributed by atoms with van der Waals surface area (Å²) in [4.78, 5) is 57.5. The Hall–Kier alpha value is -5.47. The number of amides is 4. The predicted molar refractivity (Wildman–Crippen MR) is 204 cm³/mol. The lowest BCUT2D eigenvalue weighted by Crippen LogP contribution is -2.29. The van der Waals surface area contributed by atoms with Gasteiger partial charge in [-0.2, -0.15) is 0 Å². The molecule has 0 bridgehead atoms. The first-order valence-corrected chi connectivity index (χ1v) is 17.1. The van der Waals surface area contributed by atoms with Gasteiger partial charge >= 0.3 is 0 Å². The monoisotopic (exact) mass is 736 g/mol. The third-order valence-electron chi connectivity index (χ3n) is 7.84. The lowest BCUT2D eigenvalue weighted by Gasteiger charge is -2.22. The van der Waals surface area contributed by atoms with Crippen LogP contribution in [0.2, 0.25) is 0 Å². The molecule has 4 rings (SSSR count). The van der Waals surface area contributed by atoms with Crippen molar-refractivity contribution >= 4 is 81.5 Å². The number of nitrogens with two attached hydrogens (primary N) is 1. The van der Waals surface area contributed by atoms with Crippen LogP contribution in [0.1, 0.15) is 43.4 Å². The van der Waals surface area contributed by atoms with Gasteiger partial charge in [0.2, 0.25) is 5.91 Å². The molecule has 0 saturated carbocycles. The van der Waals surface area contributed by atoms with Gasteiger partial charge in [-0.25, -0.2) is 0 Å². The highest BCUT2D eigenvalue weighted by Gasteiger charge is 2.19. The molecule has 3 heterocycles. The summed E-state index contributed by atoms with van der Waals surface area (Å²) < 4.78 is 4.77. The third-order valence-corrected chi connectivity index (χ3v) is 8.18. The van der Waals surface area contributed by atoms with Crippen molar-refractivity contribution in [3.8, 4) is 0 Å². The molecule has 6 N–H and O–H groups in total.